The van der Waals surface area contributed by atoms with Crippen LogP contribution in [0.25, 0.3) is 0 Å². The van der Waals surface area contributed by atoms with Crippen LogP contribution in [-0.2, 0) is 17.8 Å². The molecule has 1 saturated heterocycles. The molecule has 1 aliphatic rings. The van der Waals surface area contributed by atoms with Gasteiger partial charge >= 0.3 is 0 Å². The van der Waals surface area contributed by atoms with Gasteiger partial charge in [0.2, 0.25) is 5.91 Å². The van der Waals surface area contributed by atoms with Crippen molar-refractivity contribution in [3.05, 3.63) is 34.5 Å². The number of nitrogens with zero attached hydrogens (tertiary/aromatic N) is 4. The fourth-order valence-electron chi connectivity index (χ4n) is 3.42. The minimum atomic E-state index is 0.156. The molecule has 6 nitrogen and oxygen atoms in total. The lowest BCUT2D eigenvalue weighted by Crippen LogP contribution is -2.39. The summed E-state index contributed by atoms with van der Waals surface area (Å²) in [5.74, 6) is 0.897. The van der Waals surface area contributed by atoms with Crippen LogP contribution in [0.15, 0.2) is 10.6 Å². The summed E-state index contributed by atoms with van der Waals surface area (Å²) in [5, 5.41) is 8.46. The van der Waals surface area contributed by atoms with E-state index in [1.807, 2.05) is 30.4 Å². The van der Waals surface area contributed by atoms with Crippen LogP contribution in [0.5, 0.6) is 0 Å². The Morgan fingerprint density at radius 2 is 2.13 bits per heavy atom. The lowest BCUT2D eigenvalue weighted by Gasteiger charge is -2.25. The number of hydrogen-bond acceptors (Lipinski definition) is 4. The maximum Gasteiger partial charge on any atom is 0.227 e. The smallest absolute Gasteiger partial charge is 0.227 e. The van der Waals surface area contributed by atoms with E-state index in [1.165, 1.54) is 0 Å². The first kappa shape index (κ1) is 15.8. The highest BCUT2D eigenvalue weighted by molar-refractivity contribution is 5.79. The predicted molar refractivity (Wildman–Crippen MR) is 86.1 cm³/mol. The van der Waals surface area contributed by atoms with Crippen LogP contribution < -0.4 is 0 Å². The van der Waals surface area contributed by atoms with Gasteiger partial charge in [-0.2, -0.15) is 5.10 Å². The quantitative estimate of drug-likeness (QED) is 0.868. The van der Waals surface area contributed by atoms with E-state index >= 15 is 0 Å². The van der Waals surface area contributed by atoms with E-state index < -0.39 is 0 Å². The second-order valence-corrected chi connectivity index (χ2v) is 6.47. The molecular formula is C17H24N4O2. The third-order valence-electron chi connectivity index (χ3n) is 4.69. The number of aryl methyl sites for hydroxylation is 4. The van der Waals surface area contributed by atoms with Gasteiger partial charge in [-0.3, -0.25) is 9.48 Å². The van der Waals surface area contributed by atoms with E-state index in [0.717, 1.165) is 54.3 Å². The van der Waals surface area contributed by atoms with Crippen LogP contribution >= 0.6 is 0 Å². The number of amides is 1. The fourth-order valence-corrected chi connectivity index (χ4v) is 3.42. The Morgan fingerprint density at radius 1 is 1.35 bits per heavy atom. The second kappa shape index (κ2) is 6.18. The molecule has 0 saturated carbocycles. The summed E-state index contributed by atoms with van der Waals surface area (Å²) < 4.78 is 7.18. The maximum atomic E-state index is 12.7. The van der Waals surface area contributed by atoms with Gasteiger partial charge in [-0.05, 0) is 46.6 Å². The van der Waals surface area contributed by atoms with Gasteiger partial charge in [0.15, 0.2) is 0 Å². The molecule has 23 heavy (non-hydrogen) atoms. The number of hydrogen-bond donors (Lipinski definition) is 0. The van der Waals surface area contributed by atoms with Crippen LogP contribution in [0.3, 0.4) is 0 Å². The Bertz CT molecular complexity index is 697. The molecule has 0 N–H and O–H groups in total. The molecule has 1 unspecified atom stereocenters. The van der Waals surface area contributed by atoms with E-state index in [0.29, 0.717) is 6.42 Å². The lowest BCUT2D eigenvalue weighted by atomic mass is 10.1. The number of aromatic nitrogens is 3. The third-order valence-corrected chi connectivity index (χ3v) is 4.69. The summed E-state index contributed by atoms with van der Waals surface area (Å²) in [5.41, 5.74) is 3.90. The largest absolute Gasteiger partial charge is 0.361 e. The Hall–Kier alpha value is -2.11. The molecule has 2 aromatic rings. The molecule has 0 radical (unpaired) electrons. The summed E-state index contributed by atoms with van der Waals surface area (Å²) in [4.78, 5) is 14.7. The molecule has 1 fully saturated rings. The molecular weight excluding hydrogens is 292 g/mol. The second-order valence-electron chi connectivity index (χ2n) is 6.47. The molecule has 3 rings (SSSR count). The maximum absolute atomic E-state index is 12.7. The Balaban J connectivity index is 1.71. The molecule has 0 aromatic carbocycles. The minimum absolute atomic E-state index is 0.156. The summed E-state index contributed by atoms with van der Waals surface area (Å²) in [7, 11) is 0. The molecule has 1 amide bonds. The van der Waals surface area contributed by atoms with Gasteiger partial charge in [0.1, 0.15) is 5.76 Å². The zero-order valence-electron chi connectivity index (χ0n) is 14.3. The average molecular weight is 316 g/mol. The standard InChI is InChI=1S/C17H24N4O2/c1-11-8-12(2)21(18-11)10-15-6-5-7-20(15)17(22)9-16-13(3)19-23-14(16)4/h8,15H,5-7,9-10H2,1-4H3. The zero-order valence-corrected chi connectivity index (χ0v) is 14.3. The average Bonchev–Trinajstić information content (AvgIpc) is 3.16. The van der Waals surface area contributed by atoms with Crippen molar-refractivity contribution in [2.45, 2.75) is 59.5 Å². The molecule has 0 spiro atoms. The number of likely N-dealkylation sites (tertiary alicyclic amines) is 1. The van der Waals surface area contributed by atoms with Crippen LogP contribution in [0.4, 0.5) is 0 Å². The fraction of sp³-hybridized carbons (Fsp3) is 0.588. The molecule has 6 heteroatoms. The molecule has 2 aromatic heterocycles. The normalized spacial score (nSPS) is 17.9. The lowest BCUT2D eigenvalue weighted by molar-refractivity contribution is -0.131. The summed E-state index contributed by atoms with van der Waals surface area (Å²) in [6.07, 6.45) is 2.46. The number of rotatable bonds is 4. The van der Waals surface area contributed by atoms with E-state index in [1.54, 1.807) is 0 Å². The molecule has 3 heterocycles. The Morgan fingerprint density at radius 3 is 2.74 bits per heavy atom. The van der Waals surface area contributed by atoms with Gasteiger partial charge in [-0.25, -0.2) is 0 Å². The first-order valence-electron chi connectivity index (χ1n) is 8.18. The van der Waals surface area contributed by atoms with Gasteiger partial charge in [0.05, 0.1) is 30.4 Å². The van der Waals surface area contributed by atoms with Gasteiger partial charge in [-0.15, -0.1) is 0 Å². The van der Waals surface area contributed by atoms with Gasteiger partial charge in [0, 0.05) is 17.8 Å². The summed E-state index contributed by atoms with van der Waals surface area (Å²) >= 11 is 0. The highest BCUT2D eigenvalue weighted by atomic mass is 16.5. The van der Waals surface area contributed by atoms with Crippen LogP contribution in [0.2, 0.25) is 0 Å². The predicted octanol–water partition coefficient (Wildman–Crippen LogP) is 2.34. The van der Waals surface area contributed by atoms with Crippen LogP contribution in [0, 0.1) is 27.7 Å². The van der Waals surface area contributed by atoms with Crippen molar-refractivity contribution in [3.63, 3.8) is 0 Å². The van der Waals surface area contributed by atoms with Crippen LogP contribution in [0.1, 0.15) is 41.2 Å². The number of carbonyl (C=O) groups is 1. The summed E-state index contributed by atoms with van der Waals surface area (Å²) in [6.45, 7) is 9.40. The number of carbonyl (C=O) groups excluding carboxylic acids is 1. The minimum Gasteiger partial charge on any atom is -0.361 e. The highest BCUT2D eigenvalue weighted by Gasteiger charge is 2.30. The monoisotopic (exact) mass is 316 g/mol. The van der Waals surface area contributed by atoms with Crippen molar-refractivity contribution in [2.24, 2.45) is 0 Å². The van der Waals surface area contributed by atoms with Crippen LogP contribution in [-0.4, -0.2) is 38.3 Å². The SMILES string of the molecule is Cc1cc(C)n(CC2CCCN2C(=O)Cc2c(C)noc2C)n1. The van der Waals surface area contributed by atoms with E-state index in [-0.39, 0.29) is 11.9 Å². The van der Waals surface area contributed by atoms with E-state index in [4.69, 9.17) is 4.52 Å². The van der Waals surface area contributed by atoms with E-state index in [9.17, 15) is 4.79 Å². The molecule has 1 atom stereocenters. The Labute approximate surface area is 136 Å². The third kappa shape index (κ3) is 3.16. The molecule has 0 bridgehead atoms. The van der Waals surface area contributed by atoms with Crippen molar-refractivity contribution in [1.82, 2.24) is 19.8 Å². The molecule has 0 aliphatic carbocycles. The van der Waals surface area contributed by atoms with Crippen molar-refractivity contribution in [3.8, 4) is 0 Å². The molecule has 124 valence electrons. The van der Waals surface area contributed by atoms with Gasteiger partial charge in [0.25, 0.3) is 0 Å². The van der Waals surface area contributed by atoms with Crippen molar-refractivity contribution < 1.29 is 9.32 Å². The zero-order chi connectivity index (χ0) is 16.6. The van der Waals surface area contributed by atoms with Gasteiger partial charge < -0.3 is 9.42 Å². The van der Waals surface area contributed by atoms with Crippen molar-refractivity contribution in [2.75, 3.05) is 6.54 Å². The highest BCUT2D eigenvalue weighted by Crippen LogP contribution is 2.22. The molecule has 1 aliphatic heterocycles. The van der Waals surface area contributed by atoms with Crippen molar-refractivity contribution in [1.29, 1.82) is 0 Å². The Kier molecular flexibility index (Phi) is 4.24. The summed E-state index contributed by atoms with van der Waals surface area (Å²) in [6, 6.07) is 2.30. The van der Waals surface area contributed by atoms with Crippen molar-refractivity contribution >= 4 is 5.91 Å². The topological polar surface area (TPSA) is 64.2 Å². The van der Waals surface area contributed by atoms with E-state index in [2.05, 4.69) is 23.2 Å². The van der Waals surface area contributed by atoms with Gasteiger partial charge in [-0.1, -0.05) is 5.16 Å². The first-order chi connectivity index (χ1) is 11.0. The first-order valence-corrected chi connectivity index (χ1v) is 8.18.